The highest BCUT2D eigenvalue weighted by atomic mass is 16.4. The van der Waals surface area contributed by atoms with Gasteiger partial charge in [0.15, 0.2) is 0 Å². The maximum Gasteiger partial charge on any atom is 0.303 e. The minimum atomic E-state index is -0.765. The van der Waals surface area contributed by atoms with E-state index in [9.17, 15) is 14.7 Å². The summed E-state index contributed by atoms with van der Waals surface area (Å²) in [4.78, 5) is 23.1. The van der Waals surface area contributed by atoms with Crippen LogP contribution in [0.5, 0.6) is 0 Å². The fourth-order valence-corrected chi connectivity index (χ4v) is 5.44. The standard InChI is InChI=1S/C26H36O4/c1-2-15-26(16-8-17-26)25(30)20-10-7-9-19(18-20)21-13-14-23(27)22(21)11-5-3-4-6-12-24(28)29/h3,5,7,9-10,18,21-22,25,30H,2,4,6,8,11-17H2,1H3,(H,28,29)/t21-,22-,25?/m1/s1. The molecule has 4 heteroatoms. The van der Waals surface area contributed by atoms with Crippen molar-refractivity contribution in [3.8, 4) is 0 Å². The van der Waals surface area contributed by atoms with Crippen LogP contribution in [0.25, 0.3) is 0 Å². The largest absolute Gasteiger partial charge is 0.481 e. The zero-order chi connectivity index (χ0) is 21.6. The summed E-state index contributed by atoms with van der Waals surface area (Å²) in [5.41, 5.74) is 2.22. The normalized spacial score (nSPS) is 24.1. The first-order chi connectivity index (χ1) is 14.5. The van der Waals surface area contributed by atoms with Crippen molar-refractivity contribution in [1.82, 2.24) is 0 Å². The minimum Gasteiger partial charge on any atom is -0.481 e. The molecule has 1 aromatic rings. The van der Waals surface area contributed by atoms with Gasteiger partial charge in [-0.25, -0.2) is 0 Å². The molecular formula is C26H36O4. The quantitative estimate of drug-likeness (QED) is 0.348. The third-order valence-electron chi connectivity index (χ3n) is 7.25. The van der Waals surface area contributed by atoms with Crippen molar-refractivity contribution >= 4 is 11.8 Å². The Bertz CT molecular complexity index is 762. The predicted octanol–water partition coefficient (Wildman–Crippen LogP) is 5.95. The van der Waals surface area contributed by atoms with Gasteiger partial charge in [0.1, 0.15) is 5.78 Å². The van der Waals surface area contributed by atoms with E-state index in [1.54, 1.807) is 0 Å². The maximum absolute atomic E-state index is 12.5. The number of ketones is 1. The van der Waals surface area contributed by atoms with Gasteiger partial charge in [0.05, 0.1) is 6.10 Å². The molecule has 2 saturated carbocycles. The van der Waals surface area contributed by atoms with Gasteiger partial charge in [-0.05, 0) is 62.0 Å². The van der Waals surface area contributed by atoms with Crippen LogP contribution in [0.4, 0.5) is 0 Å². The van der Waals surface area contributed by atoms with E-state index in [1.165, 1.54) is 12.0 Å². The number of unbranched alkanes of at least 4 members (excludes halogenated alkanes) is 1. The van der Waals surface area contributed by atoms with Gasteiger partial charge in [0, 0.05) is 24.2 Å². The summed E-state index contributed by atoms with van der Waals surface area (Å²) in [6, 6.07) is 8.33. The van der Waals surface area contributed by atoms with Gasteiger partial charge in [-0.3, -0.25) is 9.59 Å². The molecule has 0 bridgehead atoms. The van der Waals surface area contributed by atoms with E-state index in [2.05, 4.69) is 19.1 Å². The second-order valence-corrected chi connectivity index (χ2v) is 9.25. The fourth-order valence-electron chi connectivity index (χ4n) is 5.44. The topological polar surface area (TPSA) is 74.6 Å². The Kier molecular flexibility index (Phi) is 7.87. The lowest BCUT2D eigenvalue weighted by atomic mass is 9.61. The molecule has 2 aliphatic carbocycles. The molecule has 2 aliphatic rings. The van der Waals surface area contributed by atoms with Crippen LogP contribution in [-0.2, 0) is 9.59 Å². The Morgan fingerprint density at radius 2 is 2.10 bits per heavy atom. The molecule has 0 aromatic heterocycles. The minimum absolute atomic E-state index is 0.0126. The Morgan fingerprint density at radius 3 is 2.77 bits per heavy atom. The average Bonchev–Trinajstić information content (AvgIpc) is 3.07. The van der Waals surface area contributed by atoms with Crippen LogP contribution >= 0.6 is 0 Å². The predicted molar refractivity (Wildman–Crippen MR) is 118 cm³/mol. The van der Waals surface area contributed by atoms with Gasteiger partial charge in [0.2, 0.25) is 0 Å². The molecule has 1 unspecified atom stereocenters. The second kappa shape index (κ2) is 10.4. The molecule has 2 fully saturated rings. The van der Waals surface area contributed by atoms with Gasteiger partial charge in [-0.2, -0.15) is 0 Å². The summed E-state index contributed by atoms with van der Waals surface area (Å²) in [5.74, 6) is -0.250. The molecule has 1 aromatic carbocycles. The molecule has 2 N–H and O–H groups in total. The fraction of sp³-hybridized carbons (Fsp3) is 0.615. The van der Waals surface area contributed by atoms with Crippen LogP contribution in [0, 0.1) is 11.3 Å². The van der Waals surface area contributed by atoms with Crippen molar-refractivity contribution in [3.63, 3.8) is 0 Å². The zero-order valence-electron chi connectivity index (χ0n) is 18.2. The summed E-state index contributed by atoms with van der Waals surface area (Å²) < 4.78 is 0. The number of carboxylic acids is 1. The van der Waals surface area contributed by atoms with Crippen molar-refractivity contribution < 1.29 is 19.8 Å². The van der Waals surface area contributed by atoms with E-state index in [0.29, 0.717) is 25.0 Å². The SMILES string of the molecule is CCCC1(C(O)c2cccc([C@H]3CCC(=O)[C@@H]3CC=CCCCC(=O)O)c2)CCC1. The third kappa shape index (κ3) is 5.21. The van der Waals surface area contributed by atoms with Gasteiger partial charge in [-0.15, -0.1) is 0 Å². The van der Waals surface area contributed by atoms with Crippen LogP contribution in [0.3, 0.4) is 0 Å². The van der Waals surface area contributed by atoms with Crippen LogP contribution in [0.2, 0.25) is 0 Å². The van der Waals surface area contributed by atoms with Gasteiger partial charge < -0.3 is 10.2 Å². The van der Waals surface area contributed by atoms with Crippen molar-refractivity contribution in [2.45, 2.75) is 89.6 Å². The molecule has 3 rings (SSSR count). The third-order valence-corrected chi connectivity index (χ3v) is 7.25. The summed E-state index contributed by atoms with van der Waals surface area (Å²) in [6.07, 6.45) is 13.0. The number of aliphatic hydroxyl groups is 1. The highest BCUT2D eigenvalue weighted by Crippen LogP contribution is 2.53. The number of carboxylic acid groups (broad SMARTS) is 1. The maximum atomic E-state index is 12.5. The molecule has 0 amide bonds. The van der Waals surface area contributed by atoms with E-state index >= 15 is 0 Å². The average molecular weight is 413 g/mol. The first kappa shape index (κ1) is 22.7. The second-order valence-electron chi connectivity index (χ2n) is 9.25. The van der Waals surface area contributed by atoms with Crippen molar-refractivity contribution in [2.75, 3.05) is 0 Å². The number of aliphatic hydroxyl groups excluding tert-OH is 1. The van der Waals surface area contributed by atoms with Crippen molar-refractivity contribution in [1.29, 1.82) is 0 Å². The van der Waals surface area contributed by atoms with Crippen LogP contribution in [0.15, 0.2) is 36.4 Å². The first-order valence-electron chi connectivity index (χ1n) is 11.6. The molecule has 0 saturated heterocycles. The van der Waals surface area contributed by atoms with Gasteiger partial charge >= 0.3 is 5.97 Å². The van der Waals surface area contributed by atoms with Crippen molar-refractivity contribution in [2.24, 2.45) is 11.3 Å². The monoisotopic (exact) mass is 412 g/mol. The van der Waals surface area contributed by atoms with Gasteiger partial charge in [0.25, 0.3) is 0 Å². The highest BCUT2D eigenvalue weighted by molar-refractivity contribution is 5.84. The zero-order valence-corrected chi connectivity index (χ0v) is 18.2. The molecule has 3 atom stereocenters. The van der Waals surface area contributed by atoms with E-state index in [4.69, 9.17) is 5.11 Å². The smallest absolute Gasteiger partial charge is 0.303 e. The first-order valence-corrected chi connectivity index (χ1v) is 11.6. The van der Waals surface area contributed by atoms with Crippen LogP contribution < -0.4 is 0 Å². The number of aliphatic carboxylic acids is 1. The van der Waals surface area contributed by atoms with Crippen LogP contribution in [0.1, 0.15) is 101 Å². The van der Waals surface area contributed by atoms with E-state index in [0.717, 1.165) is 44.1 Å². The number of carbonyl (C=O) groups is 2. The number of carbonyl (C=O) groups excluding carboxylic acids is 1. The van der Waals surface area contributed by atoms with E-state index in [-0.39, 0.29) is 23.7 Å². The van der Waals surface area contributed by atoms with Gasteiger partial charge in [-0.1, -0.05) is 56.2 Å². The molecule has 4 nitrogen and oxygen atoms in total. The number of allylic oxidation sites excluding steroid dienone is 2. The summed E-state index contributed by atoms with van der Waals surface area (Å²) in [6.45, 7) is 2.19. The molecule has 30 heavy (non-hydrogen) atoms. The van der Waals surface area contributed by atoms with Crippen molar-refractivity contribution in [3.05, 3.63) is 47.5 Å². The number of hydrogen-bond donors (Lipinski definition) is 2. The number of hydrogen-bond acceptors (Lipinski definition) is 3. The Morgan fingerprint density at radius 1 is 1.30 bits per heavy atom. The summed E-state index contributed by atoms with van der Waals surface area (Å²) >= 11 is 0. The molecule has 0 aliphatic heterocycles. The number of Topliss-reactive ketones (excluding diaryl/α,β-unsaturated/α-hetero) is 1. The summed E-state index contributed by atoms with van der Waals surface area (Å²) in [5, 5.41) is 19.9. The molecule has 0 spiro atoms. The Labute approximate surface area is 180 Å². The van der Waals surface area contributed by atoms with E-state index in [1.807, 2.05) is 24.3 Å². The number of rotatable bonds is 11. The molecule has 0 radical (unpaired) electrons. The molecule has 164 valence electrons. The molecule has 0 heterocycles. The highest BCUT2D eigenvalue weighted by Gasteiger charge is 2.43. The van der Waals surface area contributed by atoms with E-state index < -0.39 is 12.1 Å². The summed E-state index contributed by atoms with van der Waals surface area (Å²) in [7, 11) is 0. The lowest BCUT2D eigenvalue weighted by molar-refractivity contribution is -0.137. The molecular weight excluding hydrogens is 376 g/mol. The number of benzene rings is 1. The Hall–Kier alpha value is -1.94. The Balaban J connectivity index is 1.67. The lowest BCUT2D eigenvalue weighted by Gasteiger charge is -2.46. The van der Waals surface area contributed by atoms with Crippen LogP contribution in [-0.4, -0.2) is 22.0 Å². The lowest BCUT2D eigenvalue weighted by Crippen LogP contribution is -2.36.